The molecule has 122 valence electrons. The first-order chi connectivity index (χ1) is 11.2. The molecule has 0 atom stereocenters. The van der Waals surface area contributed by atoms with Gasteiger partial charge >= 0.3 is 0 Å². The molecule has 0 spiro atoms. The predicted molar refractivity (Wildman–Crippen MR) is 91.0 cm³/mol. The molecule has 1 aliphatic carbocycles. The van der Waals surface area contributed by atoms with E-state index in [1.54, 1.807) is 6.20 Å². The van der Waals surface area contributed by atoms with Gasteiger partial charge in [0.25, 0.3) is 0 Å². The summed E-state index contributed by atoms with van der Waals surface area (Å²) in [5.74, 6) is 0.488. The number of carbonyl (C=O) groups is 1. The SMILES string of the molecule is CN(CCc1ccccn1)C(=O)C1CCC(n2cccc2)CC1. The molecule has 1 amide bonds. The molecule has 1 aliphatic rings. The number of hydrogen-bond donors (Lipinski definition) is 0. The largest absolute Gasteiger partial charge is 0.351 e. The van der Waals surface area contributed by atoms with Gasteiger partial charge in [0.15, 0.2) is 0 Å². The molecule has 1 fully saturated rings. The van der Waals surface area contributed by atoms with Gasteiger partial charge in [-0.3, -0.25) is 9.78 Å². The minimum Gasteiger partial charge on any atom is -0.351 e. The number of nitrogens with zero attached hydrogens (tertiary/aromatic N) is 3. The minimum atomic E-state index is 0.190. The second kappa shape index (κ2) is 7.44. The number of aromatic nitrogens is 2. The van der Waals surface area contributed by atoms with Crippen LogP contribution in [0, 0.1) is 5.92 Å². The molecule has 0 aromatic carbocycles. The van der Waals surface area contributed by atoms with Gasteiger partial charge in [-0.2, -0.15) is 0 Å². The standard InChI is InChI=1S/C19H25N3O/c1-21(15-11-17-6-2-3-12-20-17)19(23)16-7-9-18(10-8-16)22-13-4-5-14-22/h2-6,12-14,16,18H,7-11,15H2,1H3. The third-order valence-electron chi connectivity index (χ3n) is 4.90. The van der Waals surface area contributed by atoms with Crippen molar-refractivity contribution >= 4 is 5.91 Å². The van der Waals surface area contributed by atoms with Crippen molar-refractivity contribution in [2.45, 2.75) is 38.1 Å². The van der Waals surface area contributed by atoms with Crippen LogP contribution in [-0.4, -0.2) is 34.0 Å². The Hall–Kier alpha value is -2.10. The number of likely N-dealkylation sites (N-methyl/N-ethyl adjacent to an activating group) is 1. The summed E-state index contributed by atoms with van der Waals surface area (Å²) in [6.07, 6.45) is 11.1. The van der Waals surface area contributed by atoms with Crippen LogP contribution in [0.15, 0.2) is 48.9 Å². The molecule has 0 saturated heterocycles. The number of hydrogen-bond acceptors (Lipinski definition) is 2. The van der Waals surface area contributed by atoms with Gasteiger partial charge in [0, 0.05) is 56.3 Å². The zero-order chi connectivity index (χ0) is 16.1. The molecule has 2 aromatic heterocycles. The van der Waals surface area contributed by atoms with Gasteiger partial charge in [0.2, 0.25) is 5.91 Å². The fourth-order valence-corrected chi connectivity index (χ4v) is 3.46. The van der Waals surface area contributed by atoms with Crippen LogP contribution in [-0.2, 0) is 11.2 Å². The Bertz CT molecular complexity index is 601. The van der Waals surface area contributed by atoms with Crippen molar-refractivity contribution in [2.24, 2.45) is 5.92 Å². The van der Waals surface area contributed by atoms with Crippen LogP contribution >= 0.6 is 0 Å². The van der Waals surface area contributed by atoms with E-state index in [1.807, 2.05) is 30.1 Å². The molecule has 4 nitrogen and oxygen atoms in total. The van der Waals surface area contributed by atoms with E-state index >= 15 is 0 Å². The molecule has 0 radical (unpaired) electrons. The number of pyridine rings is 1. The third kappa shape index (κ3) is 4.01. The van der Waals surface area contributed by atoms with Crippen molar-refractivity contribution < 1.29 is 4.79 Å². The van der Waals surface area contributed by atoms with Crippen LogP contribution in [0.2, 0.25) is 0 Å². The molecule has 0 bridgehead atoms. The molecule has 0 unspecified atom stereocenters. The van der Waals surface area contributed by atoms with E-state index in [4.69, 9.17) is 0 Å². The second-order valence-corrected chi connectivity index (χ2v) is 6.47. The fourth-order valence-electron chi connectivity index (χ4n) is 3.46. The lowest BCUT2D eigenvalue weighted by atomic mass is 9.85. The summed E-state index contributed by atoms with van der Waals surface area (Å²) in [7, 11) is 1.92. The smallest absolute Gasteiger partial charge is 0.225 e. The molecular weight excluding hydrogens is 286 g/mol. The van der Waals surface area contributed by atoms with Crippen molar-refractivity contribution in [3.8, 4) is 0 Å². The molecule has 0 N–H and O–H groups in total. The summed E-state index contributed by atoms with van der Waals surface area (Å²) < 4.78 is 2.28. The van der Waals surface area contributed by atoms with Crippen molar-refractivity contribution in [3.63, 3.8) is 0 Å². The number of carbonyl (C=O) groups excluding carboxylic acids is 1. The van der Waals surface area contributed by atoms with Gasteiger partial charge in [-0.05, 0) is 49.9 Å². The molecular formula is C19H25N3O. The quantitative estimate of drug-likeness (QED) is 0.849. The lowest BCUT2D eigenvalue weighted by Crippen LogP contribution is -2.36. The zero-order valence-corrected chi connectivity index (χ0v) is 13.8. The summed E-state index contributed by atoms with van der Waals surface area (Å²) in [6.45, 7) is 0.743. The first-order valence-electron chi connectivity index (χ1n) is 8.51. The fraction of sp³-hybridized carbons (Fsp3) is 0.474. The first-order valence-corrected chi connectivity index (χ1v) is 8.51. The highest BCUT2D eigenvalue weighted by Crippen LogP contribution is 2.33. The van der Waals surface area contributed by atoms with Crippen molar-refractivity contribution in [3.05, 3.63) is 54.6 Å². The topological polar surface area (TPSA) is 38.1 Å². The maximum atomic E-state index is 12.6. The van der Waals surface area contributed by atoms with Crippen LogP contribution in [0.4, 0.5) is 0 Å². The van der Waals surface area contributed by atoms with Crippen LogP contribution in [0.5, 0.6) is 0 Å². The van der Waals surface area contributed by atoms with Gasteiger partial charge in [0.05, 0.1) is 0 Å². The van der Waals surface area contributed by atoms with Crippen molar-refractivity contribution in [1.29, 1.82) is 0 Å². The Morgan fingerprint density at radius 1 is 1.17 bits per heavy atom. The summed E-state index contributed by atoms with van der Waals surface area (Å²) in [5, 5.41) is 0. The van der Waals surface area contributed by atoms with Gasteiger partial charge in [-0.1, -0.05) is 6.07 Å². The average Bonchev–Trinajstić information content (AvgIpc) is 3.15. The van der Waals surface area contributed by atoms with E-state index in [0.717, 1.165) is 44.3 Å². The lowest BCUT2D eigenvalue weighted by molar-refractivity contribution is -0.135. The molecule has 1 saturated carbocycles. The predicted octanol–water partition coefficient (Wildman–Crippen LogP) is 3.32. The van der Waals surface area contributed by atoms with E-state index in [2.05, 4.69) is 34.1 Å². The summed E-state index contributed by atoms with van der Waals surface area (Å²) in [4.78, 5) is 18.8. The molecule has 3 rings (SSSR count). The highest BCUT2D eigenvalue weighted by Gasteiger charge is 2.28. The number of amides is 1. The first kappa shape index (κ1) is 15.8. The highest BCUT2D eigenvalue weighted by atomic mass is 16.2. The van der Waals surface area contributed by atoms with Crippen LogP contribution < -0.4 is 0 Å². The zero-order valence-electron chi connectivity index (χ0n) is 13.8. The normalized spacial score (nSPS) is 21.1. The molecule has 23 heavy (non-hydrogen) atoms. The van der Waals surface area contributed by atoms with Crippen LogP contribution in [0.3, 0.4) is 0 Å². The molecule has 4 heteroatoms. The maximum absolute atomic E-state index is 12.6. The summed E-state index contributed by atoms with van der Waals surface area (Å²) in [5.41, 5.74) is 1.04. The monoisotopic (exact) mass is 311 g/mol. The number of rotatable bonds is 5. The Labute approximate surface area is 138 Å². The highest BCUT2D eigenvalue weighted by molar-refractivity contribution is 5.78. The van der Waals surface area contributed by atoms with E-state index in [9.17, 15) is 4.79 Å². The van der Waals surface area contributed by atoms with Crippen LogP contribution in [0.1, 0.15) is 37.4 Å². The Kier molecular flexibility index (Phi) is 5.11. The third-order valence-corrected chi connectivity index (χ3v) is 4.90. The van der Waals surface area contributed by atoms with E-state index in [-0.39, 0.29) is 5.92 Å². The Morgan fingerprint density at radius 3 is 2.57 bits per heavy atom. The molecule has 0 aliphatic heterocycles. The molecule has 2 aromatic rings. The van der Waals surface area contributed by atoms with Gasteiger partial charge < -0.3 is 9.47 Å². The summed E-state index contributed by atoms with van der Waals surface area (Å²) in [6, 6.07) is 10.6. The minimum absolute atomic E-state index is 0.190. The van der Waals surface area contributed by atoms with Gasteiger partial charge in [-0.15, -0.1) is 0 Å². The van der Waals surface area contributed by atoms with Crippen molar-refractivity contribution in [2.75, 3.05) is 13.6 Å². The summed E-state index contributed by atoms with van der Waals surface area (Å²) >= 11 is 0. The maximum Gasteiger partial charge on any atom is 0.225 e. The Morgan fingerprint density at radius 2 is 1.91 bits per heavy atom. The van der Waals surface area contributed by atoms with Gasteiger partial charge in [0.1, 0.15) is 0 Å². The van der Waals surface area contributed by atoms with Crippen LogP contribution in [0.25, 0.3) is 0 Å². The van der Waals surface area contributed by atoms with E-state index < -0.39 is 0 Å². The Balaban J connectivity index is 1.47. The second-order valence-electron chi connectivity index (χ2n) is 6.47. The lowest BCUT2D eigenvalue weighted by Gasteiger charge is -2.31. The van der Waals surface area contributed by atoms with Gasteiger partial charge in [-0.25, -0.2) is 0 Å². The van der Waals surface area contributed by atoms with Crippen molar-refractivity contribution in [1.82, 2.24) is 14.5 Å². The van der Waals surface area contributed by atoms with E-state index in [1.165, 1.54) is 0 Å². The molecule has 2 heterocycles. The van der Waals surface area contributed by atoms with E-state index in [0.29, 0.717) is 11.9 Å². The average molecular weight is 311 g/mol.